The van der Waals surface area contributed by atoms with Crippen molar-refractivity contribution in [2.75, 3.05) is 13.2 Å². The summed E-state index contributed by atoms with van der Waals surface area (Å²) in [6.07, 6.45) is 3.97. The van der Waals surface area contributed by atoms with E-state index in [0.29, 0.717) is 28.5 Å². The maximum atomic E-state index is 12.8. The number of rotatable bonds is 8. The van der Waals surface area contributed by atoms with Crippen LogP contribution in [0, 0.1) is 0 Å². The van der Waals surface area contributed by atoms with Gasteiger partial charge >= 0.3 is 0 Å². The molecule has 0 N–H and O–H groups in total. The Hall–Kier alpha value is -3.19. The highest BCUT2D eigenvalue weighted by molar-refractivity contribution is 7.15. The molecule has 30 heavy (non-hydrogen) atoms. The molecule has 0 unspecified atom stereocenters. The largest absolute Gasteiger partial charge is 0.494 e. The van der Waals surface area contributed by atoms with Gasteiger partial charge in [-0.2, -0.15) is 9.50 Å². The van der Waals surface area contributed by atoms with Gasteiger partial charge in [0.2, 0.25) is 4.96 Å². The van der Waals surface area contributed by atoms with Crippen molar-refractivity contribution in [3.05, 3.63) is 69.0 Å². The molecule has 4 aromatic rings. The van der Waals surface area contributed by atoms with Gasteiger partial charge in [0, 0.05) is 5.56 Å². The predicted octanol–water partition coefficient (Wildman–Crippen LogP) is 3.94. The van der Waals surface area contributed by atoms with Crippen LogP contribution >= 0.6 is 11.3 Å². The molecule has 4 rings (SSSR count). The van der Waals surface area contributed by atoms with Gasteiger partial charge in [-0.1, -0.05) is 36.8 Å². The highest BCUT2D eigenvalue weighted by atomic mass is 32.1. The Kier molecular flexibility index (Phi) is 6.09. The van der Waals surface area contributed by atoms with E-state index < -0.39 is 0 Å². The van der Waals surface area contributed by atoms with E-state index in [2.05, 4.69) is 17.0 Å². The van der Waals surface area contributed by atoms with E-state index in [1.165, 1.54) is 15.9 Å². The quantitative estimate of drug-likeness (QED) is 0.403. The monoisotopic (exact) mass is 421 g/mol. The molecule has 0 amide bonds. The zero-order chi connectivity index (χ0) is 20.9. The number of ether oxygens (including phenoxy) is 2. The zero-order valence-corrected chi connectivity index (χ0v) is 17.8. The second kappa shape index (κ2) is 9.09. The van der Waals surface area contributed by atoms with E-state index in [1.807, 2.05) is 61.5 Å². The van der Waals surface area contributed by atoms with Crippen molar-refractivity contribution >= 4 is 22.4 Å². The third-order valence-electron chi connectivity index (χ3n) is 4.53. The number of fused-ring (bicyclic) bond motifs is 1. The summed E-state index contributed by atoms with van der Waals surface area (Å²) in [5.74, 6) is 2.13. The summed E-state index contributed by atoms with van der Waals surface area (Å²) in [6.45, 7) is 5.38. The van der Waals surface area contributed by atoms with Crippen molar-refractivity contribution in [3.8, 4) is 22.9 Å². The van der Waals surface area contributed by atoms with Crippen LogP contribution in [0.15, 0.2) is 53.3 Å². The summed E-state index contributed by atoms with van der Waals surface area (Å²) in [5, 5.41) is 4.41. The van der Waals surface area contributed by atoms with E-state index in [9.17, 15) is 4.79 Å². The molecule has 7 heteroatoms. The summed E-state index contributed by atoms with van der Waals surface area (Å²) in [5.41, 5.74) is 1.58. The lowest BCUT2D eigenvalue weighted by molar-refractivity contribution is 0.309. The van der Waals surface area contributed by atoms with Crippen molar-refractivity contribution in [1.82, 2.24) is 14.6 Å². The maximum Gasteiger partial charge on any atom is 0.291 e. The molecule has 154 valence electrons. The van der Waals surface area contributed by atoms with Crippen LogP contribution in [0.5, 0.6) is 11.5 Å². The topological polar surface area (TPSA) is 65.7 Å². The molecule has 0 aliphatic carbocycles. The standard InChI is InChI=1S/C23H23N3O3S/c1-3-5-13-29-18-11-9-17(10-12-18)21-24-23-26(25-21)22(27)20(30-23)15-16-7-6-8-19(14-16)28-4-2/h6-12,14-15H,3-5,13H2,1-2H3/b20-15-. The van der Waals surface area contributed by atoms with Gasteiger partial charge in [-0.15, -0.1) is 5.10 Å². The molecule has 2 aromatic carbocycles. The molecule has 0 fully saturated rings. The van der Waals surface area contributed by atoms with E-state index >= 15 is 0 Å². The molecule has 0 saturated heterocycles. The molecule has 6 nitrogen and oxygen atoms in total. The first-order valence-electron chi connectivity index (χ1n) is 10.1. The van der Waals surface area contributed by atoms with Gasteiger partial charge in [-0.25, -0.2) is 0 Å². The molecule has 0 saturated carbocycles. The van der Waals surface area contributed by atoms with Gasteiger partial charge < -0.3 is 9.47 Å². The Labute approximate surface area is 178 Å². The van der Waals surface area contributed by atoms with E-state index in [0.717, 1.165) is 35.5 Å². The Bertz CT molecular complexity index is 1250. The van der Waals surface area contributed by atoms with Crippen LogP contribution in [-0.4, -0.2) is 27.8 Å². The minimum atomic E-state index is -0.171. The number of hydrogen-bond donors (Lipinski definition) is 0. The maximum absolute atomic E-state index is 12.8. The second-order valence-corrected chi connectivity index (χ2v) is 7.79. The molecule has 0 aliphatic heterocycles. The molecule has 2 heterocycles. The second-order valence-electron chi connectivity index (χ2n) is 6.78. The van der Waals surface area contributed by atoms with Crippen LogP contribution in [0.4, 0.5) is 0 Å². The van der Waals surface area contributed by atoms with E-state index in [-0.39, 0.29) is 5.56 Å². The Morgan fingerprint density at radius 1 is 1.07 bits per heavy atom. The molecule has 0 spiro atoms. The first-order chi connectivity index (χ1) is 14.7. The van der Waals surface area contributed by atoms with Gasteiger partial charge in [0.1, 0.15) is 11.5 Å². The lowest BCUT2D eigenvalue weighted by Gasteiger charge is -2.05. The minimum Gasteiger partial charge on any atom is -0.494 e. The van der Waals surface area contributed by atoms with E-state index in [1.54, 1.807) is 0 Å². The Morgan fingerprint density at radius 2 is 1.90 bits per heavy atom. The molecule has 2 aromatic heterocycles. The van der Waals surface area contributed by atoms with Gasteiger partial charge in [-0.3, -0.25) is 4.79 Å². The average molecular weight is 422 g/mol. The Morgan fingerprint density at radius 3 is 2.63 bits per heavy atom. The van der Waals surface area contributed by atoms with Gasteiger partial charge in [0.25, 0.3) is 5.56 Å². The molecule has 0 atom stereocenters. The highest BCUT2D eigenvalue weighted by Gasteiger charge is 2.12. The fourth-order valence-corrected chi connectivity index (χ4v) is 3.91. The third-order valence-corrected chi connectivity index (χ3v) is 5.49. The summed E-state index contributed by atoms with van der Waals surface area (Å²) >= 11 is 1.33. The summed E-state index contributed by atoms with van der Waals surface area (Å²) in [6, 6.07) is 15.3. The van der Waals surface area contributed by atoms with Crippen molar-refractivity contribution in [2.45, 2.75) is 26.7 Å². The number of nitrogens with zero attached hydrogens (tertiary/aromatic N) is 3. The van der Waals surface area contributed by atoms with Crippen LogP contribution in [-0.2, 0) is 0 Å². The molecular formula is C23H23N3O3S. The van der Waals surface area contributed by atoms with Crippen molar-refractivity contribution in [2.24, 2.45) is 0 Å². The van der Waals surface area contributed by atoms with E-state index in [4.69, 9.17) is 9.47 Å². The molecule has 0 aliphatic rings. The van der Waals surface area contributed by atoms with Gasteiger partial charge in [-0.05, 0) is 61.4 Å². The first-order valence-corrected chi connectivity index (χ1v) is 10.9. The molecule has 0 radical (unpaired) electrons. The van der Waals surface area contributed by atoms with Crippen LogP contribution in [0.2, 0.25) is 0 Å². The number of hydrogen-bond acceptors (Lipinski definition) is 6. The number of thiazole rings is 1. The van der Waals surface area contributed by atoms with Crippen LogP contribution in [0.1, 0.15) is 32.3 Å². The normalized spacial score (nSPS) is 11.9. The van der Waals surface area contributed by atoms with Gasteiger partial charge in [0.15, 0.2) is 5.82 Å². The van der Waals surface area contributed by atoms with Crippen molar-refractivity contribution in [3.63, 3.8) is 0 Å². The summed E-state index contributed by atoms with van der Waals surface area (Å²) in [4.78, 5) is 17.9. The average Bonchev–Trinajstić information content (AvgIpc) is 3.29. The SMILES string of the molecule is CCCCOc1ccc(-c2nc3s/c(=C\c4cccc(OCC)c4)c(=O)n3n2)cc1. The van der Waals surface area contributed by atoms with Crippen LogP contribution in [0.25, 0.3) is 22.4 Å². The number of benzene rings is 2. The number of aromatic nitrogens is 3. The first kappa shape index (κ1) is 20.1. The number of unbranched alkanes of at least 4 members (excludes halogenated alkanes) is 1. The fourth-order valence-electron chi connectivity index (χ4n) is 3.00. The van der Waals surface area contributed by atoms with Crippen LogP contribution in [0.3, 0.4) is 0 Å². The minimum absolute atomic E-state index is 0.171. The highest BCUT2D eigenvalue weighted by Crippen LogP contribution is 2.21. The fraction of sp³-hybridized carbons (Fsp3) is 0.261. The third kappa shape index (κ3) is 4.36. The Balaban J connectivity index is 1.59. The predicted molar refractivity (Wildman–Crippen MR) is 119 cm³/mol. The smallest absolute Gasteiger partial charge is 0.291 e. The summed E-state index contributed by atoms with van der Waals surface area (Å²) in [7, 11) is 0. The molecular weight excluding hydrogens is 398 g/mol. The summed E-state index contributed by atoms with van der Waals surface area (Å²) < 4.78 is 13.2. The lowest BCUT2D eigenvalue weighted by atomic mass is 10.2. The van der Waals surface area contributed by atoms with Crippen molar-refractivity contribution in [1.29, 1.82) is 0 Å². The molecule has 0 bridgehead atoms. The zero-order valence-electron chi connectivity index (χ0n) is 17.0. The van der Waals surface area contributed by atoms with Crippen LogP contribution < -0.4 is 19.6 Å². The lowest BCUT2D eigenvalue weighted by Crippen LogP contribution is -2.23. The van der Waals surface area contributed by atoms with Gasteiger partial charge in [0.05, 0.1) is 17.7 Å². The van der Waals surface area contributed by atoms with Crippen molar-refractivity contribution < 1.29 is 9.47 Å².